The summed E-state index contributed by atoms with van der Waals surface area (Å²) in [7, 11) is 4.20. The van der Waals surface area contributed by atoms with Gasteiger partial charge in [-0.2, -0.15) is 40.6 Å². The van der Waals surface area contributed by atoms with Crippen LogP contribution in [0.25, 0.3) is 0 Å². The Bertz CT molecular complexity index is 1050. The van der Waals surface area contributed by atoms with Gasteiger partial charge in [-0.1, -0.05) is 0 Å². The number of ketones is 1. The molecule has 173 valence electrons. The quantitative estimate of drug-likeness (QED) is 0.149. The molecule has 0 aliphatic heterocycles. The molecule has 0 saturated carbocycles. The molecule has 1 aliphatic carbocycles. The van der Waals surface area contributed by atoms with E-state index >= 15 is 0 Å². The van der Waals surface area contributed by atoms with Gasteiger partial charge in [-0.05, 0) is 24.6 Å². The summed E-state index contributed by atoms with van der Waals surface area (Å²) in [6.07, 6.45) is 6.44. The molecule has 3 rings (SSSR count). The predicted molar refractivity (Wildman–Crippen MR) is 121 cm³/mol. The fourth-order valence-corrected chi connectivity index (χ4v) is 3.12. The van der Waals surface area contributed by atoms with Crippen molar-refractivity contribution < 1.29 is 37.0 Å². The molecule has 0 fully saturated rings. The maximum atomic E-state index is 12.8. The number of nitrogens with zero attached hydrogens (tertiary/aromatic N) is 7. The number of nitrogens with one attached hydrogen (secondary N) is 1. The molecular weight excluding hydrogens is 599 g/mol. The van der Waals surface area contributed by atoms with E-state index in [0.29, 0.717) is 34.3 Å². The Labute approximate surface area is 223 Å². The van der Waals surface area contributed by atoms with Gasteiger partial charge in [0.2, 0.25) is 0 Å². The summed E-state index contributed by atoms with van der Waals surface area (Å²) >= 11 is 22.2. The first kappa shape index (κ1) is 28.1. The topological polar surface area (TPSA) is 103 Å². The third-order valence-electron chi connectivity index (χ3n) is 3.61. The third-order valence-corrected chi connectivity index (χ3v) is 4.70. The van der Waals surface area contributed by atoms with Gasteiger partial charge in [0.15, 0.2) is 17.4 Å². The van der Waals surface area contributed by atoms with E-state index in [0.717, 1.165) is 5.57 Å². The molecule has 2 aromatic heterocycles. The van der Waals surface area contributed by atoms with Crippen molar-refractivity contribution in [2.75, 3.05) is 5.43 Å². The summed E-state index contributed by atoms with van der Waals surface area (Å²) < 4.78 is 2.85. The first-order chi connectivity index (χ1) is 14.4. The van der Waals surface area contributed by atoms with Crippen molar-refractivity contribution in [3.05, 3.63) is 46.7 Å². The van der Waals surface area contributed by atoms with Gasteiger partial charge >= 0.3 is 42.3 Å². The SMILES string of the molecule is CC1=C/C(=C/Nn2c([S-])nnc2CS)C(=O)C(/C=N\n2c([S-])nnc2CS)=C1.[Cl][Cu+].[Cu+]. The van der Waals surface area contributed by atoms with Crippen LogP contribution < -0.4 is 5.43 Å². The van der Waals surface area contributed by atoms with Crippen molar-refractivity contribution in [1.29, 1.82) is 0 Å². The van der Waals surface area contributed by atoms with Crippen LogP contribution in [0.3, 0.4) is 0 Å². The fraction of sp³-hybridized carbons (Fsp3) is 0.200. The first-order valence-corrected chi connectivity index (χ1v) is 11.3. The number of hydrogen-bond donors (Lipinski definition) is 3. The van der Waals surface area contributed by atoms with Gasteiger partial charge in [0.1, 0.15) is 0 Å². The molecule has 31 heavy (non-hydrogen) atoms. The first-order valence-electron chi connectivity index (χ1n) is 7.96. The molecule has 0 atom stereocenters. The number of carbonyl (C=O) groups is 1. The molecule has 16 heteroatoms. The molecule has 9 nitrogen and oxygen atoms in total. The van der Waals surface area contributed by atoms with Crippen LogP contribution in [0.4, 0.5) is 0 Å². The monoisotopic (exact) mass is 611 g/mol. The summed E-state index contributed by atoms with van der Waals surface area (Å²) in [6.45, 7) is 1.88. The van der Waals surface area contributed by atoms with E-state index in [1.807, 2.05) is 6.92 Å². The van der Waals surface area contributed by atoms with Crippen LogP contribution in [0.1, 0.15) is 18.6 Å². The van der Waals surface area contributed by atoms with Crippen LogP contribution in [0.2, 0.25) is 0 Å². The van der Waals surface area contributed by atoms with E-state index < -0.39 is 0 Å². The van der Waals surface area contributed by atoms with Crippen LogP contribution in [0.5, 0.6) is 0 Å². The molecule has 0 aromatic carbocycles. The van der Waals surface area contributed by atoms with E-state index in [1.165, 1.54) is 21.8 Å². The minimum atomic E-state index is -0.223. The molecule has 1 aliphatic rings. The van der Waals surface area contributed by atoms with Gasteiger partial charge in [-0.3, -0.25) is 10.2 Å². The van der Waals surface area contributed by atoms with Crippen LogP contribution in [-0.2, 0) is 73.7 Å². The number of rotatable bonds is 6. The normalized spacial score (nSPS) is 14.6. The van der Waals surface area contributed by atoms with E-state index in [9.17, 15) is 4.79 Å². The van der Waals surface area contributed by atoms with Crippen molar-refractivity contribution in [1.82, 2.24) is 29.7 Å². The standard InChI is InChI=1S/C15H16N8OS4.ClH.2Cu/c1-8-2-9(4-16-22-11(6-25)18-20-14(22)27)13(24)10(3-8)5-17-23-12(7-26)19-21-15(23)28;;;/h2-5,16,25-26H,6-7H2,1H3,(H,20,27)(H,21,28);1H;;/q;;+1;+2/p-3/b9-4-,17-5-;;;. The Morgan fingerprint density at radius 3 is 2.39 bits per heavy atom. The van der Waals surface area contributed by atoms with E-state index in [2.05, 4.69) is 81.4 Å². The Hall–Kier alpha value is -0.891. The number of allylic oxidation sites excluding steroid dienone is 5. The molecule has 2 aromatic rings. The maximum absolute atomic E-state index is 12.8. The zero-order valence-electron chi connectivity index (χ0n) is 15.5. The summed E-state index contributed by atoms with van der Waals surface area (Å²) in [5, 5.41) is 20.0. The smallest absolute Gasteiger partial charge is 1.00 e. The van der Waals surface area contributed by atoms with Crippen molar-refractivity contribution in [3.8, 4) is 0 Å². The molecule has 0 bridgehead atoms. The van der Waals surface area contributed by atoms with Crippen LogP contribution in [0.15, 0.2) is 50.5 Å². The number of halogens is 1. The minimum absolute atomic E-state index is 0. The maximum Gasteiger partial charge on any atom is 1.00 e. The van der Waals surface area contributed by atoms with Crippen LogP contribution >= 0.6 is 35.4 Å². The number of aromatic nitrogens is 6. The Kier molecular flexibility index (Phi) is 12.4. The van der Waals surface area contributed by atoms with Gasteiger partial charge in [0.05, 0.1) is 17.7 Å². The molecule has 0 unspecified atom stereocenters. The van der Waals surface area contributed by atoms with Gasteiger partial charge in [-0.25, -0.2) is 9.35 Å². The number of hydrogen-bond acceptors (Lipinski definition) is 11. The van der Waals surface area contributed by atoms with Gasteiger partial charge in [0.25, 0.3) is 0 Å². The second-order valence-corrected chi connectivity index (χ2v) is 6.91. The molecule has 0 radical (unpaired) electrons. The molecular formula is C15H14ClCu2N8OS4. The Morgan fingerprint density at radius 1 is 1.13 bits per heavy atom. The number of Topliss-reactive ketones (excluding diaryl/α,β-unsaturated/α-hetero) is 1. The van der Waals surface area contributed by atoms with Crippen molar-refractivity contribution in [2.45, 2.75) is 28.7 Å². The summed E-state index contributed by atoms with van der Waals surface area (Å²) in [5.74, 6) is 1.47. The third kappa shape index (κ3) is 7.04. The van der Waals surface area contributed by atoms with Crippen molar-refractivity contribution >= 4 is 72.6 Å². The van der Waals surface area contributed by atoms with E-state index in [-0.39, 0.29) is 33.2 Å². The minimum Gasteiger partial charge on any atom is 1.00 e. The average molecular weight is 613 g/mol. The van der Waals surface area contributed by atoms with Gasteiger partial charge in [-0.15, -0.1) is 10.2 Å². The van der Waals surface area contributed by atoms with Crippen molar-refractivity contribution in [3.63, 3.8) is 0 Å². The zero-order valence-corrected chi connectivity index (χ0v) is 21.5. The molecule has 2 heterocycles. The van der Waals surface area contributed by atoms with Crippen LogP contribution in [-0.4, -0.2) is 41.7 Å². The Morgan fingerprint density at radius 2 is 1.74 bits per heavy atom. The average Bonchev–Trinajstić information content (AvgIpc) is 3.30. The second kappa shape index (κ2) is 13.6. The largest absolute Gasteiger partial charge is 1.00 e. The number of thiol groups is 2. The zero-order chi connectivity index (χ0) is 22.3. The fourth-order valence-electron chi connectivity index (χ4n) is 2.33. The molecule has 0 spiro atoms. The summed E-state index contributed by atoms with van der Waals surface area (Å²) in [6, 6.07) is 0. The van der Waals surface area contributed by atoms with Crippen molar-refractivity contribution in [2.24, 2.45) is 5.10 Å². The Balaban J connectivity index is 0.00000156. The van der Waals surface area contributed by atoms with Gasteiger partial charge in [0, 0.05) is 27.7 Å². The van der Waals surface area contributed by atoms with Crippen LogP contribution in [0, 0.1) is 0 Å². The van der Waals surface area contributed by atoms with Gasteiger partial charge < -0.3 is 25.3 Å². The summed E-state index contributed by atoms with van der Waals surface area (Å²) in [5.41, 5.74) is 4.63. The number of carbonyl (C=O) groups excluding carboxylic acids is 1. The molecule has 1 N–H and O–H groups in total. The molecule has 0 saturated heterocycles. The summed E-state index contributed by atoms with van der Waals surface area (Å²) in [4.78, 5) is 12.8. The second-order valence-electron chi connectivity index (χ2n) is 5.55. The predicted octanol–water partition coefficient (Wildman–Crippen LogP) is 1.64. The van der Waals surface area contributed by atoms with E-state index in [4.69, 9.17) is 25.3 Å². The molecule has 0 amide bonds. The van der Waals surface area contributed by atoms with E-state index in [1.54, 1.807) is 12.2 Å².